The molecule has 0 spiro atoms. The number of alkyl halides is 3. The normalized spacial score (nSPS) is 18.4. The third-order valence-corrected chi connectivity index (χ3v) is 1.69. The molecule has 0 bridgehead atoms. The Kier molecular flexibility index (Phi) is 3.10. The molecule has 14 heavy (non-hydrogen) atoms. The van der Waals surface area contributed by atoms with Crippen LogP contribution in [0.4, 0.5) is 13.2 Å². The Morgan fingerprint density at radius 1 is 1.43 bits per heavy atom. The van der Waals surface area contributed by atoms with Gasteiger partial charge in [0.2, 0.25) is 5.91 Å². The Hall–Kier alpha value is -1.11. The Morgan fingerprint density at radius 2 is 2.07 bits per heavy atom. The van der Waals surface area contributed by atoms with Crippen molar-refractivity contribution in [2.45, 2.75) is 19.0 Å². The van der Waals surface area contributed by atoms with Gasteiger partial charge in [0.15, 0.2) is 0 Å². The van der Waals surface area contributed by atoms with Crippen molar-refractivity contribution in [3.05, 3.63) is 0 Å². The van der Waals surface area contributed by atoms with E-state index in [0.29, 0.717) is 5.01 Å². The monoisotopic (exact) mass is 210 g/mol. The van der Waals surface area contributed by atoms with E-state index in [9.17, 15) is 18.0 Å². The Bertz CT molecular complexity index is 262. The van der Waals surface area contributed by atoms with Gasteiger partial charge in [-0.05, 0) is 6.42 Å². The van der Waals surface area contributed by atoms with Gasteiger partial charge < -0.3 is 5.11 Å². The molecular formula is C7H9F3N2O2. The molecule has 0 atom stereocenters. The van der Waals surface area contributed by atoms with E-state index in [0.717, 1.165) is 0 Å². The van der Waals surface area contributed by atoms with Gasteiger partial charge in [-0.15, -0.1) is 0 Å². The number of rotatable bonds is 2. The summed E-state index contributed by atoms with van der Waals surface area (Å²) in [6, 6.07) is 0. The van der Waals surface area contributed by atoms with Gasteiger partial charge in [0.1, 0.15) is 6.54 Å². The van der Waals surface area contributed by atoms with Crippen molar-refractivity contribution in [1.82, 2.24) is 5.01 Å². The van der Waals surface area contributed by atoms with Crippen LogP contribution in [0.1, 0.15) is 12.8 Å². The van der Waals surface area contributed by atoms with Gasteiger partial charge in [-0.2, -0.15) is 18.3 Å². The van der Waals surface area contributed by atoms with Gasteiger partial charge in [0, 0.05) is 6.42 Å². The SMILES string of the molecule is O=C1CCC(CO)=NN1CC(F)(F)F. The lowest BCUT2D eigenvalue weighted by Crippen LogP contribution is -2.39. The number of halogens is 3. The Labute approximate surface area is 78.0 Å². The number of carbonyl (C=O) groups excluding carboxylic acids is 1. The van der Waals surface area contributed by atoms with Gasteiger partial charge in [-0.1, -0.05) is 0 Å². The number of carbonyl (C=O) groups is 1. The van der Waals surface area contributed by atoms with Crippen LogP contribution in [0.2, 0.25) is 0 Å². The lowest BCUT2D eigenvalue weighted by atomic mass is 10.2. The lowest BCUT2D eigenvalue weighted by molar-refractivity contribution is -0.161. The van der Waals surface area contributed by atoms with Crippen LogP contribution in [0.15, 0.2) is 5.10 Å². The van der Waals surface area contributed by atoms with Crippen LogP contribution in [0.5, 0.6) is 0 Å². The maximum Gasteiger partial charge on any atom is 0.408 e. The molecule has 0 saturated carbocycles. The van der Waals surface area contributed by atoms with Crippen molar-refractivity contribution in [3.63, 3.8) is 0 Å². The van der Waals surface area contributed by atoms with Crippen LogP contribution < -0.4 is 0 Å². The second-order valence-electron chi connectivity index (χ2n) is 2.89. The number of nitrogens with zero attached hydrogens (tertiary/aromatic N) is 2. The molecule has 0 aromatic heterocycles. The smallest absolute Gasteiger partial charge is 0.390 e. The third kappa shape index (κ3) is 2.99. The van der Waals surface area contributed by atoms with Crippen LogP contribution in [0, 0.1) is 0 Å². The summed E-state index contributed by atoms with van der Waals surface area (Å²) in [6.07, 6.45) is -4.27. The topological polar surface area (TPSA) is 52.9 Å². The molecule has 80 valence electrons. The summed E-state index contributed by atoms with van der Waals surface area (Å²) < 4.78 is 35.8. The molecule has 0 aromatic rings. The van der Waals surface area contributed by atoms with Gasteiger partial charge in [0.05, 0.1) is 12.3 Å². The number of hydrogen-bond donors (Lipinski definition) is 1. The van der Waals surface area contributed by atoms with Crippen LogP contribution in [-0.4, -0.2) is 41.1 Å². The molecule has 1 rings (SSSR count). The fourth-order valence-electron chi connectivity index (χ4n) is 1.06. The molecule has 1 aliphatic heterocycles. The van der Waals surface area contributed by atoms with E-state index in [-0.39, 0.29) is 18.6 Å². The number of amides is 1. The Morgan fingerprint density at radius 3 is 2.57 bits per heavy atom. The maximum absolute atomic E-state index is 11.9. The predicted molar refractivity (Wildman–Crippen MR) is 41.5 cm³/mol. The number of aliphatic hydroxyl groups excluding tert-OH is 1. The zero-order chi connectivity index (χ0) is 10.8. The zero-order valence-electron chi connectivity index (χ0n) is 7.21. The average Bonchev–Trinajstić information content (AvgIpc) is 2.06. The lowest BCUT2D eigenvalue weighted by Gasteiger charge is -2.23. The van der Waals surface area contributed by atoms with E-state index in [1.165, 1.54) is 0 Å². The minimum Gasteiger partial charge on any atom is -0.390 e. The summed E-state index contributed by atoms with van der Waals surface area (Å²) in [5, 5.41) is 12.4. The maximum atomic E-state index is 11.9. The molecule has 0 saturated heterocycles. The van der Waals surface area contributed by atoms with E-state index in [1.54, 1.807) is 0 Å². The highest BCUT2D eigenvalue weighted by molar-refractivity contribution is 5.93. The van der Waals surface area contributed by atoms with E-state index in [2.05, 4.69) is 5.10 Å². The number of aliphatic hydroxyl groups is 1. The molecule has 1 N–H and O–H groups in total. The summed E-state index contributed by atoms with van der Waals surface area (Å²) in [6.45, 7) is -1.81. The van der Waals surface area contributed by atoms with Crippen molar-refractivity contribution in [2.24, 2.45) is 5.10 Å². The number of hydrogen-bond acceptors (Lipinski definition) is 3. The van der Waals surface area contributed by atoms with Crippen molar-refractivity contribution in [1.29, 1.82) is 0 Å². The molecule has 1 amide bonds. The van der Waals surface area contributed by atoms with Crippen LogP contribution in [0.3, 0.4) is 0 Å². The first-order valence-electron chi connectivity index (χ1n) is 3.96. The molecular weight excluding hydrogens is 201 g/mol. The largest absolute Gasteiger partial charge is 0.408 e. The van der Waals surface area contributed by atoms with Crippen molar-refractivity contribution < 1.29 is 23.1 Å². The molecule has 0 radical (unpaired) electrons. The molecule has 7 heteroatoms. The molecule has 0 fully saturated rings. The van der Waals surface area contributed by atoms with E-state index in [4.69, 9.17) is 5.11 Å². The van der Waals surface area contributed by atoms with E-state index < -0.39 is 25.2 Å². The van der Waals surface area contributed by atoms with Gasteiger partial charge in [-0.3, -0.25) is 4.79 Å². The quantitative estimate of drug-likeness (QED) is 0.722. The minimum atomic E-state index is -4.46. The summed E-state index contributed by atoms with van der Waals surface area (Å²) in [4.78, 5) is 11.0. The highest BCUT2D eigenvalue weighted by atomic mass is 19.4. The molecule has 0 aromatic carbocycles. The molecule has 4 nitrogen and oxygen atoms in total. The first kappa shape index (κ1) is 11.0. The highest BCUT2D eigenvalue weighted by Gasteiger charge is 2.34. The van der Waals surface area contributed by atoms with Crippen molar-refractivity contribution in [3.8, 4) is 0 Å². The fraction of sp³-hybridized carbons (Fsp3) is 0.714. The standard InChI is InChI=1S/C7H9F3N2O2/c8-7(9,10)4-12-6(14)2-1-5(3-13)11-12/h13H,1-4H2. The molecule has 0 aliphatic carbocycles. The minimum absolute atomic E-state index is 0.0323. The molecule has 1 aliphatic rings. The molecule has 0 unspecified atom stereocenters. The van der Waals surface area contributed by atoms with Gasteiger partial charge in [0.25, 0.3) is 0 Å². The summed E-state index contributed by atoms with van der Waals surface area (Å²) in [5.74, 6) is -0.667. The van der Waals surface area contributed by atoms with Crippen LogP contribution >= 0.6 is 0 Å². The van der Waals surface area contributed by atoms with Gasteiger partial charge >= 0.3 is 6.18 Å². The average molecular weight is 210 g/mol. The first-order valence-corrected chi connectivity index (χ1v) is 3.96. The summed E-state index contributed by atoms with van der Waals surface area (Å²) in [5.41, 5.74) is 0.203. The van der Waals surface area contributed by atoms with Crippen molar-refractivity contribution >= 4 is 11.6 Å². The predicted octanol–water partition coefficient (Wildman–Crippen LogP) is 0.519. The number of hydrazone groups is 1. The highest BCUT2D eigenvalue weighted by Crippen LogP contribution is 2.19. The second-order valence-corrected chi connectivity index (χ2v) is 2.89. The summed E-state index contributed by atoms with van der Waals surface area (Å²) in [7, 11) is 0. The van der Waals surface area contributed by atoms with E-state index >= 15 is 0 Å². The Balaban J connectivity index is 2.70. The zero-order valence-corrected chi connectivity index (χ0v) is 7.21. The van der Waals surface area contributed by atoms with Gasteiger partial charge in [-0.25, -0.2) is 5.01 Å². The van der Waals surface area contributed by atoms with Crippen molar-refractivity contribution in [2.75, 3.05) is 13.2 Å². The summed E-state index contributed by atoms with van der Waals surface area (Å²) >= 11 is 0. The molecule has 1 heterocycles. The van der Waals surface area contributed by atoms with Crippen LogP contribution in [-0.2, 0) is 4.79 Å². The second kappa shape index (κ2) is 3.95. The van der Waals surface area contributed by atoms with E-state index in [1.807, 2.05) is 0 Å². The fourth-order valence-corrected chi connectivity index (χ4v) is 1.06. The van der Waals surface area contributed by atoms with Crippen LogP contribution in [0.25, 0.3) is 0 Å². The first-order chi connectivity index (χ1) is 6.42. The third-order valence-electron chi connectivity index (χ3n) is 1.69.